The number of methoxy groups -OCH3 is 1. The molecular weight excluding hydrogens is 238 g/mol. The lowest BCUT2D eigenvalue weighted by atomic mass is 10.0. The molecule has 1 aromatic rings. The Hall–Kier alpha value is -1.63. The van der Waals surface area contributed by atoms with Gasteiger partial charge in [0.05, 0.1) is 18.8 Å². The molecule has 0 spiro atoms. The first kappa shape index (κ1) is 14.4. The number of ether oxygens (including phenoxy) is 1. The van der Waals surface area contributed by atoms with Crippen LogP contribution < -0.4 is 5.32 Å². The molecule has 0 aliphatic rings. The minimum Gasteiger partial charge on any atom is -0.508 e. The van der Waals surface area contributed by atoms with Crippen molar-refractivity contribution in [3.8, 4) is 5.75 Å². The van der Waals surface area contributed by atoms with Gasteiger partial charge in [-0.25, -0.2) is 4.79 Å². The number of aliphatic hydroxyl groups excluding tert-OH is 2. The van der Waals surface area contributed by atoms with Crippen LogP contribution >= 0.6 is 0 Å². The first-order valence-corrected chi connectivity index (χ1v) is 5.43. The van der Waals surface area contributed by atoms with Crippen LogP contribution in [0.15, 0.2) is 18.2 Å². The monoisotopic (exact) mass is 255 g/mol. The molecule has 6 nitrogen and oxygen atoms in total. The van der Waals surface area contributed by atoms with Crippen LogP contribution in [0.5, 0.6) is 5.75 Å². The van der Waals surface area contributed by atoms with Gasteiger partial charge in [-0.1, -0.05) is 0 Å². The molecule has 4 N–H and O–H groups in total. The molecule has 0 radical (unpaired) electrons. The van der Waals surface area contributed by atoms with Crippen LogP contribution in [0.3, 0.4) is 0 Å². The summed E-state index contributed by atoms with van der Waals surface area (Å²) < 4.78 is 4.54. The summed E-state index contributed by atoms with van der Waals surface area (Å²) in [6, 6.07) is 3.95. The first-order valence-electron chi connectivity index (χ1n) is 5.43. The molecule has 18 heavy (non-hydrogen) atoms. The number of rotatable bonds is 5. The summed E-state index contributed by atoms with van der Waals surface area (Å²) >= 11 is 0. The van der Waals surface area contributed by atoms with Crippen LogP contribution in [0.25, 0.3) is 0 Å². The zero-order chi connectivity index (χ0) is 13.7. The van der Waals surface area contributed by atoms with Crippen molar-refractivity contribution in [3.05, 3.63) is 29.3 Å². The van der Waals surface area contributed by atoms with Gasteiger partial charge in [0.15, 0.2) is 0 Å². The quantitative estimate of drug-likeness (QED) is 0.543. The smallest absolute Gasteiger partial charge is 0.337 e. The van der Waals surface area contributed by atoms with Gasteiger partial charge in [-0.3, -0.25) is 0 Å². The van der Waals surface area contributed by atoms with Crippen molar-refractivity contribution in [3.63, 3.8) is 0 Å². The molecule has 0 aromatic heterocycles. The van der Waals surface area contributed by atoms with E-state index < -0.39 is 18.2 Å². The van der Waals surface area contributed by atoms with Crippen molar-refractivity contribution in [2.75, 3.05) is 20.7 Å². The standard InChI is InChI=1S/C12H17NO5/c1-13-6-10(15)11(16)8-5-7(12(17)18-2)3-4-9(8)14/h3-5,10-11,13-16H,6H2,1-2H3. The Morgan fingerprint density at radius 2 is 2.11 bits per heavy atom. The maximum atomic E-state index is 11.3. The summed E-state index contributed by atoms with van der Waals surface area (Å²) in [6.45, 7) is 0.156. The van der Waals surface area contributed by atoms with E-state index in [9.17, 15) is 20.1 Å². The molecule has 0 fully saturated rings. The Kier molecular flexibility index (Phi) is 5.08. The van der Waals surface area contributed by atoms with Crippen molar-refractivity contribution in [2.45, 2.75) is 12.2 Å². The third kappa shape index (κ3) is 3.19. The molecule has 100 valence electrons. The predicted octanol–water partition coefficient (Wildman–Crippen LogP) is -0.208. The maximum absolute atomic E-state index is 11.3. The molecule has 2 unspecified atom stereocenters. The largest absolute Gasteiger partial charge is 0.508 e. The minimum absolute atomic E-state index is 0.0839. The molecule has 2 atom stereocenters. The second kappa shape index (κ2) is 6.34. The zero-order valence-corrected chi connectivity index (χ0v) is 10.3. The average molecular weight is 255 g/mol. The number of carbonyl (C=O) groups is 1. The molecule has 6 heteroatoms. The van der Waals surface area contributed by atoms with Crippen LogP contribution in [0, 0.1) is 0 Å². The number of phenolic OH excluding ortho intramolecular Hbond substituents is 1. The minimum atomic E-state index is -1.29. The third-order valence-electron chi connectivity index (χ3n) is 2.54. The predicted molar refractivity (Wildman–Crippen MR) is 64.3 cm³/mol. The maximum Gasteiger partial charge on any atom is 0.337 e. The molecule has 0 saturated carbocycles. The number of benzene rings is 1. The van der Waals surface area contributed by atoms with Gasteiger partial charge in [-0.2, -0.15) is 0 Å². The number of carbonyl (C=O) groups excluding carboxylic acids is 1. The second-order valence-corrected chi connectivity index (χ2v) is 3.84. The SMILES string of the molecule is CNCC(O)C(O)c1cc(C(=O)OC)ccc1O. The molecule has 0 bridgehead atoms. The van der Waals surface area contributed by atoms with Crippen molar-refractivity contribution in [1.29, 1.82) is 0 Å². The fraction of sp³-hybridized carbons (Fsp3) is 0.417. The summed E-state index contributed by atoms with van der Waals surface area (Å²) in [5.41, 5.74) is 0.279. The molecule has 0 aliphatic carbocycles. The highest BCUT2D eigenvalue weighted by Gasteiger charge is 2.22. The Morgan fingerprint density at radius 3 is 2.67 bits per heavy atom. The number of esters is 1. The zero-order valence-electron chi connectivity index (χ0n) is 10.3. The van der Waals surface area contributed by atoms with Crippen molar-refractivity contribution in [2.24, 2.45) is 0 Å². The van der Waals surface area contributed by atoms with Crippen LogP contribution in [0.1, 0.15) is 22.0 Å². The van der Waals surface area contributed by atoms with Crippen LogP contribution in [0.2, 0.25) is 0 Å². The van der Waals surface area contributed by atoms with Crippen molar-refractivity contribution >= 4 is 5.97 Å². The van der Waals surface area contributed by atoms with Crippen LogP contribution in [-0.2, 0) is 4.74 Å². The Balaban J connectivity index is 3.03. The first-order chi connectivity index (χ1) is 8.51. The third-order valence-corrected chi connectivity index (χ3v) is 2.54. The van der Waals surface area contributed by atoms with Gasteiger partial charge in [-0.05, 0) is 25.2 Å². The van der Waals surface area contributed by atoms with E-state index in [1.54, 1.807) is 7.05 Å². The molecule has 1 aromatic carbocycles. The highest BCUT2D eigenvalue weighted by molar-refractivity contribution is 5.89. The van der Waals surface area contributed by atoms with E-state index in [-0.39, 0.29) is 23.4 Å². The normalized spacial score (nSPS) is 14.0. The van der Waals surface area contributed by atoms with Gasteiger partial charge in [0.25, 0.3) is 0 Å². The molecule has 0 aliphatic heterocycles. The van der Waals surface area contributed by atoms with Crippen LogP contribution in [-0.4, -0.2) is 48.1 Å². The van der Waals surface area contributed by atoms with Gasteiger partial charge in [0.1, 0.15) is 11.9 Å². The summed E-state index contributed by atoms with van der Waals surface area (Å²) in [5, 5.41) is 31.9. The van der Waals surface area contributed by atoms with E-state index in [2.05, 4.69) is 10.1 Å². The number of aromatic hydroxyl groups is 1. The number of aliphatic hydroxyl groups is 2. The summed E-state index contributed by atoms with van der Waals surface area (Å²) in [7, 11) is 2.86. The fourth-order valence-corrected chi connectivity index (χ4v) is 1.56. The fourth-order valence-electron chi connectivity index (χ4n) is 1.56. The lowest BCUT2D eigenvalue weighted by Gasteiger charge is -2.19. The Bertz CT molecular complexity index is 421. The van der Waals surface area contributed by atoms with E-state index in [0.717, 1.165) is 0 Å². The summed E-state index contributed by atoms with van der Waals surface area (Å²) in [5.74, 6) is -0.767. The number of likely N-dealkylation sites (N-methyl/N-ethyl adjacent to an activating group) is 1. The van der Waals surface area contributed by atoms with Crippen LogP contribution in [0.4, 0.5) is 0 Å². The van der Waals surface area contributed by atoms with Gasteiger partial charge in [-0.15, -0.1) is 0 Å². The highest BCUT2D eigenvalue weighted by atomic mass is 16.5. The number of phenols is 1. The summed E-state index contributed by atoms with van der Waals surface area (Å²) in [6.07, 6.45) is -2.38. The van der Waals surface area contributed by atoms with Gasteiger partial charge >= 0.3 is 5.97 Å². The number of hydrogen-bond donors (Lipinski definition) is 4. The summed E-state index contributed by atoms with van der Waals surface area (Å²) in [4.78, 5) is 11.3. The lowest BCUT2D eigenvalue weighted by molar-refractivity contribution is 0.0188. The van der Waals surface area contributed by atoms with Crippen molar-refractivity contribution < 1.29 is 24.9 Å². The topological polar surface area (TPSA) is 99.0 Å². The molecule has 0 amide bonds. The van der Waals surface area contributed by atoms with Gasteiger partial charge < -0.3 is 25.4 Å². The molecule has 0 heterocycles. The van der Waals surface area contributed by atoms with Crippen molar-refractivity contribution in [1.82, 2.24) is 5.32 Å². The Morgan fingerprint density at radius 1 is 1.44 bits per heavy atom. The van der Waals surface area contributed by atoms with E-state index in [4.69, 9.17) is 0 Å². The number of nitrogens with one attached hydrogen (secondary N) is 1. The van der Waals surface area contributed by atoms with E-state index in [1.165, 1.54) is 25.3 Å². The molecule has 1 rings (SSSR count). The Labute approximate surface area is 105 Å². The lowest BCUT2D eigenvalue weighted by Crippen LogP contribution is -2.29. The van der Waals surface area contributed by atoms with E-state index in [1.807, 2.05) is 0 Å². The number of hydrogen-bond acceptors (Lipinski definition) is 6. The van der Waals surface area contributed by atoms with E-state index >= 15 is 0 Å². The van der Waals surface area contributed by atoms with Gasteiger partial charge in [0.2, 0.25) is 0 Å². The second-order valence-electron chi connectivity index (χ2n) is 3.84. The molecular formula is C12H17NO5. The average Bonchev–Trinajstić information content (AvgIpc) is 2.37. The highest BCUT2D eigenvalue weighted by Crippen LogP contribution is 2.27. The van der Waals surface area contributed by atoms with E-state index in [0.29, 0.717) is 0 Å². The van der Waals surface area contributed by atoms with Gasteiger partial charge in [0, 0.05) is 12.1 Å². The molecule has 0 saturated heterocycles.